The van der Waals surface area contributed by atoms with Gasteiger partial charge in [0.25, 0.3) is 0 Å². The second-order valence-corrected chi connectivity index (χ2v) is 14.5. The Balaban J connectivity index is 1.25. The number of aliphatic carboxylic acids is 1. The van der Waals surface area contributed by atoms with Gasteiger partial charge in [0.05, 0.1) is 29.4 Å². The van der Waals surface area contributed by atoms with Crippen molar-refractivity contribution in [3.05, 3.63) is 0 Å². The van der Waals surface area contributed by atoms with Crippen molar-refractivity contribution in [3.8, 4) is 0 Å². The predicted molar refractivity (Wildman–Crippen MR) is 164 cm³/mol. The molecule has 4 rings (SSSR count). The molecule has 0 bridgehead atoms. The van der Waals surface area contributed by atoms with Gasteiger partial charge in [-0.05, 0) is 83.5 Å². The molecule has 3 amide bonds. The third-order valence-electron chi connectivity index (χ3n) is 10.4. The molecule has 12 nitrogen and oxygen atoms in total. The summed E-state index contributed by atoms with van der Waals surface area (Å²) in [4.78, 5) is 52.2. The van der Waals surface area contributed by atoms with Crippen LogP contribution in [-0.4, -0.2) is 98.4 Å². The van der Waals surface area contributed by atoms with Gasteiger partial charge < -0.3 is 20.6 Å². The summed E-state index contributed by atoms with van der Waals surface area (Å²) in [6.45, 7) is 4.47. The number of carbonyl (C=O) groups excluding carboxylic acids is 3. The van der Waals surface area contributed by atoms with E-state index in [0.29, 0.717) is 13.0 Å². The van der Waals surface area contributed by atoms with Crippen molar-refractivity contribution in [1.29, 1.82) is 0 Å². The zero-order valence-corrected chi connectivity index (χ0v) is 26.7. The van der Waals surface area contributed by atoms with Gasteiger partial charge in [-0.2, -0.15) is 0 Å². The Morgan fingerprint density at radius 2 is 1.70 bits per heavy atom. The third-order valence-corrected chi connectivity index (χ3v) is 10.9. The molecule has 6 unspecified atom stereocenters. The number of urea groups is 1. The Hall–Kier alpha value is -1.99. The van der Waals surface area contributed by atoms with Crippen LogP contribution in [0.3, 0.4) is 0 Å². The maximum absolute atomic E-state index is 13.5. The first kappa shape index (κ1) is 33.9. The first-order chi connectivity index (χ1) is 20.3. The number of fused-ring (bicyclic) bond motifs is 1. The van der Waals surface area contributed by atoms with E-state index in [1.54, 1.807) is 11.9 Å². The molecular formula is C30H52ClN7O5. The Morgan fingerprint density at radius 1 is 1.02 bits per heavy atom. The molecule has 1 aliphatic heterocycles. The highest BCUT2D eigenvalue weighted by molar-refractivity contribution is 6.21. The minimum Gasteiger partial charge on any atom is -0.481 e. The number of hydrogen-bond acceptors (Lipinski definition) is 8. The monoisotopic (exact) mass is 625 g/mol. The largest absolute Gasteiger partial charge is 0.481 e. The van der Waals surface area contributed by atoms with E-state index in [9.17, 15) is 24.3 Å². The highest BCUT2D eigenvalue weighted by Gasteiger charge is 2.42. The zero-order valence-electron chi connectivity index (χ0n) is 26.0. The molecule has 13 heteroatoms. The molecule has 0 spiro atoms. The summed E-state index contributed by atoms with van der Waals surface area (Å²) in [5.74, 6) is 11.9. The number of nitrogens with zero attached hydrogens (tertiary/aromatic N) is 3. The lowest BCUT2D eigenvalue weighted by Crippen LogP contribution is -2.60. The van der Waals surface area contributed by atoms with Gasteiger partial charge in [-0.3, -0.25) is 24.4 Å². The first-order valence-corrected chi connectivity index (χ1v) is 16.5. The van der Waals surface area contributed by atoms with Gasteiger partial charge in [0.2, 0.25) is 5.91 Å². The molecule has 6 atom stereocenters. The number of amides is 3. The van der Waals surface area contributed by atoms with Gasteiger partial charge >= 0.3 is 12.0 Å². The molecule has 3 saturated carbocycles. The molecule has 3 aliphatic carbocycles. The van der Waals surface area contributed by atoms with Gasteiger partial charge in [0.15, 0.2) is 5.78 Å². The van der Waals surface area contributed by atoms with E-state index in [-0.39, 0.29) is 59.5 Å². The maximum atomic E-state index is 13.5. The van der Waals surface area contributed by atoms with E-state index in [2.05, 4.69) is 10.6 Å². The number of hydrogen-bond donors (Lipinski definition) is 5. The van der Waals surface area contributed by atoms with E-state index in [1.807, 2.05) is 13.8 Å². The molecule has 43 heavy (non-hydrogen) atoms. The number of likely N-dealkylation sites (N-methyl/N-ethyl adjacent to an activating group) is 1. The zero-order chi connectivity index (χ0) is 31.5. The summed E-state index contributed by atoms with van der Waals surface area (Å²) in [5.41, 5.74) is -0.722. The number of rotatable bonds is 9. The molecule has 4 fully saturated rings. The SMILES string of the molecule is CN1CC2CCC(NC(C)(C)C(=O)CC3CCC(N(N)C(=O)N(N)C4CCCCC4Cl)CC3)CC2NC(CC(=O)O)C1=O. The van der Waals surface area contributed by atoms with Crippen LogP contribution in [-0.2, 0) is 14.4 Å². The van der Waals surface area contributed by atoms with Crippen molar-refractivity contribution in [3.63, 3.8) is 0 Å². The maximum Gasteiger partial charge on any atom is 0.348 e. The molecule has 0 aromatic heterocycles. The lowest BCUT2D eigenvalue weighted by molar-refractivity contribution is -0.141. The van der Waals surface area contributed by atoms with E-state index in [0.717, 1.165) is 70.6 Å². The van der Waals surface area contributed by atoms with Crippen LogP contribution in [0.2, 0.25) is 0 Å². The standard InChI is InChI=1S/C30H52ClN7O5/c1-30(2,35-20-11-10-19-17-36(3)28(42)24(16-27(40)41)34-23(19)15-20)26(39)14-18-8-12-21(13-9-18)37(32)29(43)38(33)25-7-5-4-6-22(25)31/h18-25,34-35H,4-17,32-33H2,1-3H3,(H,40,41). The average Bonchev–Trinajstić information content (AvgIpc) is 3.07. The van der Waals surface area contributed by atoms with E-state index >= 15 is 0 Å². The fourth-order valence-electron chi connectivity index (χ4n) is 7.69. The van der Waals surface area contributed by atoms with Crippen LogP contribution in [0.25, 0.3) is 0 Å². The summed E-state index contributed by atoms with van der Waals surface area (Å²) in [7, 11) is 1.74. The number of nitrogens with two attached hydrogens (primary N) is 2. The van der Waals surface area contributed by atoms with Gasteiger partial charge in [-0.15, -0.1) is 11.6 Å². The van der Waals surface area contributed by atoms with Crippen LogP contribution >= 0.6 is 11.6 Å². The Kier molecular flexibility index (Phi) is 11.4. The summed E-state index contributed by atoms with van der Waals surface area (Å²) in [5, 5.41) is 18.6. The normalized spacial score (nSPS) is 33.7. The van der Waals surface area contributed by atoms with Crippen molar-refractivity contribution in [1.82, 2.24) is 25.6 Å². The van der Waals surface area contributed by atoms with Gasteiger partial charge in [0.1, 0.15) is 0 Å². The summed E-state index contributed by atoms with van der Waals surface area (Å²) < 4.78 is 0. The van der Waals surface area contributed by atoms with Crippen LogP contribution in [0.4, 0.5) is 4.79 Å². The van der Waals surface area contributed by atoms with E-state index < -0.39 is 23.6 Å². The number of hydrazine groups is 2. The second kappa shape index (κ2) is 14.4. The Labute approximate surface area is 260 Å². The topological polar surface area (TPSA) is 174 Å². The van der Waals surface area contributed by atoms with Crippen molar-refractivity contribution >= 4 is 35.3 Å². The summed E-state index contributed by atoms with van der Waals surface area (Å²) in [6.07, 6.45) is 9.44. The lowest BCUT2D eigenvalue weighted by atomic mass is 9.78. The van der Waals surface area contributed by atoms with Crippen molar-refractivity contribution in [2.75, 3.05) is 13.6 Å². The smallest absolute Gasteiger partial charge is 0.348 e. The van der Waals surface area contributed by atoms with Crippen LogP contribution < -0.4 is 22.3 Å². The molecule has 244 valence electrons. The molecular weight excluding hydrogens is 574 g/mol. The fraction of sp³-hybridized carbons (Fsp3) is 0.867. The number of ketones is 1. The summed E-state index contributed by atoms with van der Waals surface area (Å²) in [6, 6.07) is -1.37. The molecule has 0 aromatic rings. The Morgan fingerprint density at radius 3 is 2.35 bits per heavy atom. The number of Topliss-reactive ketones (excluding diaryl/α,β-unsaturated/α-hetero) is 1. The van der Waals surface area contributed by atoms with Gasteiger partial charge in [-0.1, -0.05) is 12.8 Å². The van der Waals surface area contributed by atoms with Crippen LogP contribution in [0, 0.1) is 11.8 Å². The number of carbonyl (C=O) groups is 4. The van der Waals surface area contributed by atoms with Gasteiger partial charge in [0, 0.05) is 38.1 Å². The van der Waals surface area contributed by atoms with Crippen LogP contribution in [0.5, 0.6) is 0 Å². The minimum absolute atomic E-state index is 0.00507. The molecule has 0 aromatic carbocycles. The highest BCUT2D eigenvalue weighted by atomic mass is 35.5. The highest BCUT2D eigenvalue weighted by Crippen LogP contribution is 2.33. The molecule has 1 heterocycles. The number of carboxylic acids is 1. The molecule has 7 N–H and O–H groups in total. The third kappa shape index (κ3) is 8.39. The predicted octanol–water partition coefficient (Wildman–Crippen LogP) is 2.34. The first-order valence-electron chi connectivity index (χ1n) is 16.1. The fourth-order valence-corrected chi connectivity index (χ4v) is 8.09. The molecule has 4 aliphatic rings. The molecule has 1 saturated heterocycles. The second-order valence-electron chi connectivity index (χ2n) is 13.9. The lowest BCUT2D eigenvalue weighted by Gasteiger charge is -2.41. The Bertz CT molecular complexity index is 1020. The number of carboxylic acid groups (broad SMARTS) is 1. The number of alkyl halides is 1. The van der Waals surface area contributed by atoms with Gasteiger partial charge in [-0.25, -0.2) is 16.5 Å². The quantitative estimate of drug-likeness (QED) is 0.111. The number of halogens is 1. The van der Waals surface area contributed by atoms with Crippen molar-refractivity contribution < 1.29 is 24.3 Å². The molecule has 0 radical (unpaired) electrons. The van der Waals surface area contributed by atoms with E-state index in [4.69, 9.17) is 23.3 Å². The average molecular weight is 626 g/mol. The van der Waals surface area contributed by atoms with Crippen LogP contribution in [0.1, 0.15) is 97.3 Å². The number of nitrogens with one attached hydrogen (secondary N) is 2. The minimum atomic E-state index is -1.00. The van der Waals surface area contributed by atoms with Crippen molar-refractivity contribution in [2.24, 2.45) is 23.5 Å². The van der Waals surface area contributed by atoms with Crippen LogP contribution in [0.15, 0.2) is 0 Å². The summed E-state index contributed by atoms with van der Waals surface area (Å²) >= 11 is 6.44. The van der Waals surface area contributed by atoms with E-state index in [1.165, 1.54) is 10.0 Å². The van der Waals surface area contributed by atoms with Crippen molar-refractivity contribution in [2.45, 2.75) is 138 Å².